The summed E-state index contributed by atoms with van der Waals surface area (Å²) in [6.45, 7) is 13.7. The van der Waals surface area contributed by atoms with Gasteiger partial charge in [-0.05, 0) is 108 Å². The number of benzene rings is 3. The van der Waals surface area contributed by atoms with Gasteiger partial charge in [-0.25, -0.2) is 0 Å². The average molecular weight is 1290 g/mol. The van der Waals surface area contributed by atoms with E-state index in [0.29, 0.717) is 42.6 Å². The van der Waals surface area contributed by atoms with E-state index in [9.17, 15) is 61.8 Å². The van der Waals surface area contributed by atoms with E-state index in [0.717, 1.165) is 82.4 Å². The van der Waals surface area contributed by atoms with Gasteiger partial charge in [0.25, 0.3) is 5.91 Å². The van der Waals surface area contributed by atoms with Crippen molar-refractivity contribution in [2.24, 2.45) is 15.8 Å². The predicted octanol–water partition coefficient (Wildman–Crippen LogP) is 9.31. The van der Waals surface area contributed by atoms with Gasteiger partial charge in [0.15, 0.2) is 0 Å². The highest BCUT2D eigenvalue weighted by Crippen LogP contribution is 2.59. The molecule has 0 spiro atoms. The summed E-state index contributed by atoms with van der Waals surface area (Å²) in [4.78, 5) is 124. The molecule has 0 saturated carbocycles. The molecule has 5 atom stereocenters. The van der Waals surface area contributed by atoms with Gasteiger partial charge in [0.05, 0.1) is 11.0 Å². The fourth-order valence-corrected chi connectivity index (χ4v) is 12.6. The number of alkyl halides is 2. The predicted molar refractivity (Wildman–Crippen MR) is 331 cm³/mol. The molecule has 2 saturated heterocycles. The first kappa shape index (κ1) is 67.3. The number of carbonyl (C=O) groups excluding carboxylic acids is 7. The highest BCUT2D eigenvalue weighted by atomic mass is 79.9. The monoisotopic (exact) mass is 1290 g/mol. The van der Waals surface area contributed by atoms with E-state index in [1.54, 1.807) is 45.0 Å². The number of halogens is 3. The lowest BCUT2D eigenvalue weighted by Gasteiger charge is -2.36. The molecule has 3 aliphatic rings. The minimum absolute atomic E-state index is 0.0152. The largest absolute Gasteiger partial charge is 0.399 e. The third-order valence-corrected chi connectivity index (χ3v) is 18.5. The van der Waals surface area contributed by atoms with Gasteiger partial charge in [-0.15, -0.1) is 11.3 Å². The van der Waals surface area contributed by atoms with Gasteiger partial charge in [-0.1, -0.05) is 113 Å². The van der Waals surface area contributed by atoms with Crippen LogP contribution in [0.3, 0.4) is 0 Å². The van der Waals surface area contributed by atoms with Crippen LogP contribution >= 0.6 is 34.9 Å². The number of aliphatic hydroxyl groups excluding tert-OH is 1. The minimum Gasteiger partial charge on any atom is -0.391 e. The summed E-state index contributed by atoms with van der Waals surface area (Å²) in [5, 5.41) is 22.4. The zero-order valence-electron chi connectivity index (χ0n) is 49.8. The molecule has 2 fully saturated rings. The van der Waals surface area contributed by atoms with Crippen molar-refractivity contribution in [1.29, 1.82) is 0 Å². The van der Waals surface area contributed by atoms with E-state index in [4.69, 9.17) is 0 Å². The molecule has 7 rings (SSSR count). The molecule has 86 heavy (non-hydrogen) atoms. The van der Waals surface area contributed by atoms with Crippen molar-refractivity contribution >= 4 is 104 Å². The fraction of sp³-hybridized carbons (Fsp3) is 0.516. The number of amides is 7. The normalized spacial score (nSPS) is 18.1. The summed E-state index contributed by atoms with van der Waals surface area (Å²) in [7, 11) is -5.84. The SMILES string of the molecule is CC1=C(c2ccc(CNC(=O)[C@@H]3C[C@@H](O)CN3C(=O)C(NC(=O)CCCCCCCCNC(=O)CCN(C(=O)[C@@H]3CCCN3C(=O)C(NC(=O)c3cc4cc(C(F)(F)P(=O)(O)O)ccc4s3)C(C)(C)C)c3ccc(Br)cc3)C(C)(C)C)cc2)CC=N1. The Bertz CT molecular complexity index is 3250. The van der Waals surface area contributed by atoms with Crippen LogP contribution in [-0.4, -0.2) is 129 Å². The second kappa shape index (κ2) is 28.7. The smallest absolute Gasteiger partial charge is 0.391 e. The minimum atomic E-state index is -5.84. The molecular formula is C62H80BrF2N8O11PS. The lowest BCUT2D eigenvalue weighted by atomic mass is 9.85. The Labute approximate surface area is 513 Å². The molecule has 0 radical (unpaired) electrons. The van der Waals surface area contributed by atoms with Gasteiger partial charge in [-0.2, -0.15) is 8.78 Å². The second-order valence-corrected chi connectivity index (χ2v) is 28.3. The molecule has 0 aliphatic carbocycles. The van der Waals surface area contributed by atoms with E-state index in [1.165, 1.54) is 26.8 Å². The van der Waals surface area contributed by atoms with Crippen LogP contribution in [0.25, 0.3) is 15.7 Å². The number of rotatable bonds is 25. The first-order chi connectivity index (χ1) is 40.4. The molecule has 7 N–H and O–H groups in total. The Balaban J connectivity index is 0.839. The second-order valence-electron chi connectivity index (χ2n) is 24.6. The summed E-state index contributed by atoms with van der Waals surface area (Å²) >= 11 is 4.40. The number of hydrogen-bond donors (Lipinski definition) is 7. The summed E-state index contributed by atoms with van der Waals surface area (Å²) in [6.07, 6.45) is 7.48. The van der Waals surface area contributed by atoms with Gasteiger partial charge in [0.2, 0.25) is 35.4 Å². The molecule has 4 aromatic rings. The van der Waals surface area contributed by atoms with Crippen LogP contribution in [-0.2, 0) is 45.5 Å². The van der Waals surface area contributed by atoms with Crippen LogP contribution in [0.4, 0.5) is 14.5 Å². The lowest BCUT2D eigenvalue weighted by molar-refractivity contribution is -0.144. The number of nitrogens with one attached hydrogen (secondary N) is 4. The molecule has 19 nitrogen and oxygen atoms in total. The Morgan fingerprint density at radius 1 is 0.791 bits per heavy atom. The quantitative estimate of drug-likeness (QED) is 0.0243. The first-order valence-electron chi connectivity index (χ1n) is 29.2. The number of likely N-dealkylation sites (tertiary alicyclic amines) is 2. The maximum atomic E-state index is 14.6. The van der Waals surface area contributed by atoms with Crippen molar-refractivity contribution in [2.75, 3.05) is 31.1 Å². The van der Waals surface area contributed by atoms with Gasteiger partial charge in [0, 0.05) is 90.7 Å². The molecule has 24 heteroatoms. The van der Waals surface area contributed by atoms with Crippen LogP contribution in [0, 0.1) is 10.8 Å². The Kier molecular flexibility index (Phi) is 22.5. The number of aliphatic hydroxyl groups is 1. The summed E-state index contributed by atoms with van der Waals surface area (Å²) in [5.41, 5.74) is -2.28. The van der Waals surface area contributed by atoms with Crippen molar-refractivity contribution in [3.05, 3.63) is 105 Å². The molecule has 1 aromatic heterocycles. The zero-order chi connectivity index (χ0) is 62.9. The number of β-amino-alcohol motifs (C(OH)–C–C–N with tert-alkyl or cyclic N) is 1. The summed E-state index contributed by atoms with van der Waals surface area (Å²) in [6, 6.07) is 15.4. The molecule has 0 bridgehead atoms. The highest BCUT2D eigenvalue weighted by Gasteiger charge is 2.51. The number of carbonyl (C=O) groups is 7. The van der Waals surface area contributed by atoms with Gasteiger partial charge >= 0.3 is 13.3 Å². The topological polar surface area (TPSA) is 267 Å². The number of nitrogens with zero attached hydrogens (tertiary/aromatic N) is 4. The summed E-state index contributed by atoms with van der Waals surface area (Å²) in [5.74, 6) is -2.91. The zero-order valence-corrected chi connectivity index (χ0v) is 53.1. The number of aliphatic imine (C=N–C) groups is 1. The van der Waals surface area contributed by atoms with Crippen molar-refractivity contribution in [1.82, 2.24) is 31.1 Å². The molecule has 3 aromatic carbocycles. The van der Waals surface area contributed by atoms with E-state index in [2.05, 4.69) is 42.2 Å². The summed E-state index contributed by atoms with van der Waals surface area (Å²) < 4.78 is 41.8. The van der Waals surface area contributed by atoms with Crippen LogP contribution < -0.4 is 26.2 Å². The van der Waals surface area contributed by atoms with Crippen LogP contribution in [0.2, 0.25) is 0 Å². The molecule has 2 unspecified atom stereocenters. The van der Waals surface area contributed by atoms with Crippen molar-refractivity contribution in [3.8, 4) is 0 Å². The standard InChI is InChI=1S/C62H80BrF2N8O11PS/c1-38-46(27-30-66-38)40-19-17-39(18-20-40)36-68-55(77)48-35-45(74)37-73(48)59(81)53(60(2,3)4)69-52(76)16-12-10-8-9-11-13-29-67-51(75)28-32-71(44-24-22-43(63)23-25-44)57(79)47-15-14-31-72(47)58(80)54(61(5,6)7)70-56(78)50-34-41-33-42(21-26-49(41)86-50)62(64,65)85(82,83)84/h17-26,30,33-34,45,47-48,53-54,74H,8-16,27-29,31-32,35-37H2,1-7H3,(H,67,75)(H,68,77)(H,69,76)(H,70,78)(H2,82,83,84)/t45-,47+,48+,53?,54?/m1/s1. The van der Waals surface area contributed by atoms with Crippen molar-refractivity contribution in [3.63, 3.8) is 0 Å². The van der Waals surface area contributed by atoms with Crippen molar-refractivity contribution in [2.45, 2.75) is 168 Å². The average Bonchev–Trinajstić information content (AvgIpc) is 1.94. The number of allylic oxidation sites excluding steroid dienone is 2. The third-order valence-electron chi connectivity index (χ3n) is 15.9. The van der Waals surface area contributed by atoms with E-state index < -0.39 is 83.6 Å². The number of anilines is 1. The highest BCUT2D eigenvalue weighted by molar-refractivity contribution is 9.10. The number of thiophene rings is 1. The van der Waals surface area contributed by atoms with E-state index >= 15 is 0 Å². The molecule has 466 valence electrons. The molecule has 3 aliphatic heterocycles. The maximum Gasteiger partial charge on any atom is 0.399 e. The number of hydrogen-bond acceptors (Lipinski definition) is 11. The Morgan fingerprint density at radius 2 is 1.43 bits per heavy atom. The third kappa shape index (κ3) is 17.1. The maximum absolute atomic E-state index is 14.6. The van der Waals surface area contributed by atoms with Crippen LogP contribution in [0.15, 0.2) is 88.0 Å². The Morgan fingerprint density at radius 3 is 2.07 bits per heavy atom. The lowest BCUT2D eigenvalue weighted by Crippen LogP contribution is -2.58. The van der Waals surface area contributed by atoms with Crippen LogP contribution in [0.1, 0.15) is 152 Å². The van der Waals surface area contributed by atoms with Gasteiger partial charge in [0.1, 0.15) is 24.2 Å². The molecule has 7 amide bonds. The number of fused-ring (bicyclic) bond motifs is 1. The Hall–Kier alpha value is -6.23. The molecular weight excluding hydrogens is 1210 g/mol. The molecule has 4 heterocycles. The van der Waals surface area contributed by atoms with E-state index in [1.807, 2.05) is 58.2 Å². The van der Waals surface area contributed by atoms with Gasteiger partial charge in [-0.3, -0.25) is 43.1 Å². The van der Waals surface area contributed by atoms with Crippen molar-refractivity contribution < 1.29 is 61.8 Å². The van der Waals surface area contributed by atoms with Crippen LogP contribution in [0.5, 0.6) is 0 Å². The first-order valence-corrected chi connectivity index (χ1v) is 32.5. The number of unbranched alkanes of at least 4 members (excludes halogenated alkanes) is 5. The van der Waals surface area contributed by atoms with E-state index in [-0.39, 0.29) is 73.4 Å². The fourth-order valence-electron chi connectivity index (χ4n) is 10.9. The van der Waals surface area contributed by atoms with Gasteiger partial charge < -0.3 is 50.9 Å².